The molecule has 0 saturated heterocycles. The summed E-state index contributed by atoms with van der Waals surface area (Å²) in [5.74, 6) is -0.517. The quantitative estimate of drug-likeness (QED) is 0.532. The smallest absolute Gasteiger partial charge is 0.212 e. The summed E-state index contributed by atoms with van der Waals surface area (Å²) in [5, 5.41) is 8.43. The van der Waals surface area contributed by atoms with Gasteiger partial charge in [0.05, 0.1) is 35.5 Å². The van der Waals surface area contributed by atoms with Crippen molar-refractivity contribution in [2.24, 2.45) is 7.05 Å². The number of nitrogens with zero attached hydrogens (tertiary/aromatic N) is 6. The fraction of sp³-hybridized carbons (Fsp3) is 0.0667. The van der Waals surface area contributed by atoms with Crippen LogP contribution in [0.2, 0.25) is 0 Å². The van der Waals surface area contributed by atoms with Crippen LogP contribution in [0, 0.1) is 5.95 Å². The van der Waals surface area contributed by atoms with Crippen molar-refractivity contribution < 1.29 is 4.39 Å². The zero-order valence-corrected chi connectivity index (χ0v) is 11.7. The van der Waals surface area contributed by atoms with Gasteiger partial charge in [-0.05, 0) is 18.2 Å². The van der Waals surface area contributed by atoms with E-state index in [0.717, 1.165) is 22.3 Å². The van der Waals surface area contributed by atoms with Crippen molar-refractivity contribution in [2.45, 2.75) is 0 Å². The Morgan fingerprint density at radius 2 is 1.91 bits per heavy atom. The maximum absolute atomic E-state index is 13.0. The summed E-state index contributed by atoms with van der Waals surface area (Å²) in [6, 6.07) is 4.84. The van der Waals surface area contributed by atoms with Gasteiger partial charge in [0.25, 0.3) is 0 Å². The van der Waals surface area contributed by atoms with E-state index in [-0.39, 0.29) is 0 Å². The molecule has 6 nitrogen and oxygen atoms in total. The molecule has 0 aromatic carbocycles. The Morgan fingerprint density at radius 3 is 2.64 bits per heavy atom. The fourth-order valence-electron chi connectivity index (χ4n) is 2.35. The lowest BCUT2D eigenvalue weighted by Gasteiger charge is -2.06. The second-order valence-corrected chi connectivity index (χ2v) is 4.91. The van der Waals surface area contributed by atoms with E-state index >= 15 is 0 Å². The van der Waals surface area contributed by atoms with Crippen LogP contribution in [0.3, 0.4) is 0 Å². The molecule has 108 valence electrons. The van der Waals surface area contributed by atoms with Gasteiger partial charge in [-0.25, -0.2) is 14.5 Å². The van der Waals surface area contributed by atoms with Crippen molar-refractivity contribution >= 4 is 5.52 Å². The lowest BCUT2D eigenvalue weighted by atomic mass is 10.1. The zero-order valence-electron chi connectivity index (χ0n) is 11.7. The molecule has 0 spiro atoms. The van der Waals surface area contributed by atoms with Crippen LogP contribution in [0.4, 0.5) is 4.39 Å². The van der Waals surface area contributed by atoms with Crippen molar-refractivity contribution in [3.05, 3.63) is 55.1 Å². The van der Waals surface area contributed by atoms with Gasteiger partial charge in [0, 0.05) is 30.6 Å². The number of pyridine rings is 1. The number of halogens is 1. The van der Waals surface area contributed by atoms with E-state index in [1.54, 1.807) is 27.7 Å². The molecule has 0 N–H and O–H groups in total. The van der Waals surface area contributed by atoms with E-state index in [9.17, 15) is 4.39 Å². The van der Waals surface area contributed by atoms with Crippen molar-refractivity contribution in [1.29, 1.82) is 0 Å². The number of hydrogen-bond acceptors (Lipinski definition) is 4. The maximum Gasteiger partial charge on any atom is 0.212 e. The van der Waals surface area contributed by atoms with Crippen LogP contribution in [0.25, 0.3) is 28.0 Å². The molecular formula is C15H11FN6. The third-order valence-electron chi connectivity index (χ3n) is 3.39. The van der Waals surface area contributed by atoms with Gasteiger partial charge in [-0.2, -0.15) is 14.6 Å². The molecule has 4 aromatic heterocycles. The molecule has 0 aliphatic carbocycles. The third kappa shape index (κ3) is 2.03. The number of rotatable bonds is 2. The highest BCUT2D eigenvalue weighted by atomic mass is 19.1. The largest absolute Gasteiger partial charge is 0.275 e. The molecule has 0 fully saturated rings. The van der Waals surface area contributed by atoms with Crippen molar-refractivity contribution in [3.8, 4) is 22.5 Å². The van der Waals surface area contributed by atoms with Gasteiger partial charge in [-0.3, -0.25) is 4.68 Å². The molecule has 0 atom stereocenters. The predicted molar refractivity (Wildman–Crippen MR) is 78.4 cm³/mol. The summed E-state index contributed by atoms with van der Waals surface area (Å²) >= 11 is 0. The highest BCUT2D eigenvalue weighted by Gasteiger charge is 2.12. The second kappa shape index (κ2) is 4.73. The maximum atomic E-state index is 13.0. The highest BCUT2D eigenvalue weighted by molar-refractivity contribution is 5.78. The Hall–Kier alpha value is -3.09. The van der Waals surface area contributed by atoms with Gasteiger partial charge in [0.2, 0.25) is 5.95 Å². The number of fused-ring (bicyclic) bond motifs is 1. The minimum atomic E-state index is -0.517. The first-order valence-electron chi connectivity index (χ1n) is 6.66. The van der Waals surface area contributed by atoms with Gasteiger partial charge in [-0.1, -0.05) is 0 Å². The molecule has 0 amide bonds. The Morgan fingerprint density at radius 1 is 1.00 bits per heavy atom. The third-order valence-corrected chi connectivity index (χ3v) is 3.39. The zero-order chi connectivity index (χ0) is 15.1. The summed E-state index contributed by atoms with van der Waals surface area (Å²) in [4.78, 5) is 8.38. The first kappa shape index (κ1) is 12.6. The van der Waals surface area contributed by atoms with Crippen molar-refractivity contribution in [3.63, 3.8) is 0 Å². The summed E-state index contributed by atoms with van der Waals surface area (Å²) in [6.45, 7) is 0. The van der Waals surface area contributed by atoms with Crippen LogP contribution in [0.1, 0.15) is 0 Å². The van der Waals surface area contributed by atoms with E-state index in [2.05, 4.69) is 20.2 Å². The monoisotopic (exact) mass is 294 g/mol. The summed E-state index contributed by atoms with van der Waals surface area (Å²) in [7, 11) is 1.85. The summed E-state index contributed by atoms with van der Waals surface area (Å²) in [5.41, 5.74) is 3.89. The molecule has 0 aliphatic rings. The second-order valence-electron chi connectivity index (χ2n) is 4.91. The van der Waals surface area contributed by atoms with E-state index in [1.807, 2.05) is 25.5 Å². The molecular weight excluding hydrogens is 283 g/mol. The summed E-state index contributed by atoms with van der Waals surface area (Å²) in [6.07, 6.45) is 8.63. The minimum Gasteiger partial charge on any atom is -0.275 e. The van der Waals surface area contributed by atoms with Gasteiger partial charge < -0.3 is 0 Å². The number of aromatic nitrogens is 6. The first-order valence-corrected chi connectivity index (χ1v) is 6.66. The lowest BCUT2D eigenvalue weighted by molar-refractivity contribution is 0.584. The van der Waals surface area contributed by atoms with Crippen LogP contribution in [0.15, 0.2) is 49.2 Å². The van der Waals surface area contributed by atoms with E-state index in [0.29, 0.717) is 5.69 Å². The van der Waals surface area contributed by atoms with E-state index in [1.165, 1.54) is 12.3 Å². The Labute approximate surface area is 124 Å². The molecule has 22 heavy (non-hydrogen) atoms. The van der Waals surface area contributed by atoms with Crippen LogP contribution in [0.5, 0.6) is 0 Å². The molecule has 0 aliphatic heterocycles. The molecule has 4 rings (SSSR count). The molecule has 4 heterocycles. The first-order chi connectivity index (χ1) is 10.7. The average molecular weight is 294 g/mol. The Balaban J connectivity index is 1.96. The molecule has 0 radical (unpaired) electrons. The van der Waals surface area contributed by atoms with Crippen molar-refractivity contribution in [1.82, 2.24) is 29.4 Å². The molecule has 0 saturated carbocycles. The SMILES string of the molecule is Cn1cc(-c2cn3nccc3c(-c3ccc(F)nc3)n2)cn1. The van der Waals surface area contributed by atoms with Crippen LogP contribution in [-0.4, -0.2) is 29.4 Å². The van der Waals surface area contributed by atoms with E-state index < -0.39 is 5.95 Å². The summed E-state index contributed by atoms with van der Waals surface area (Å²) < 4.78 is 16.5. The van der Waals surface area contributed by atoms with Gasteiger partial charge >= 0.3 is 0 Å². The number of hydrogen-bond donors (Lipinski definition) is 0. The Kier molecular flexibility index (Phi) is 2.72. The lowest BCUT2D eigenvalue weighted by Crippen LogP contribution is -1.97. The topological polar surface area (TPSA) is 60.9 Å². The average Bonchev–Trinajstić information content (AvgIpc) is 3.15. The molecule has 0 bridgehead atoms. The minimum absolute atomic E-state index is 0.517. The van der Waals surface area contributed by atoms with Crippen LogP contribution in [-0.2, 0) is 7.05 Å². The van der Waals surface area contributed by atoms with E-state index in [4.69, 9.17) is 0 Å². The van der Waals surface area contributed by atoms with Crippen LogP contribution >= 0.6 is 0 Å². The predicted octanol–water partition coefficient (Wildman–Crippen LogP) is 2.33. The molecule has 7 heteroatoms. The number of aryl methyl sites for hydroxylation is 1. The van der Waals surface area contributed by atoms with Crippen LogP contribution < -0.4 is 0 Å². The standard InChI is InChI=1S/C15H11FN6/c1-21-8-11(7-19-21)12-9-22-13(4-5-18-22)15(20-12)10-2-3-14(16)17-6-10/h2-9H,1H3. The van der Waals surface area contributed by atoms with Gasteiger partial charge in [0.15, 0.2) is 0 Å². The van der Waals surface area contributed by atoms with Gasteiger partial charge in [-0.15, -0.1) is 0 Å². The normalized spacial score (nSPS) is 11.2. The van der Waals surface area contributed by atoms with Crippen molar-refractivity contribution in [2.75, 3.05) is 0 Å². The fourth-order valence-corrected chi connectivity index (χ4v) is 2.35. The molecule has 4 aromatic rings. The molecule has 0 unspecified atom stereocenters. The highest BCUT2D eigenvalue weighted by Crippen LogP contribution is 2.26. The van der Waals surface area contributed by atoms with Gasteiger partial charge in [0.1, 0.15) is 0 Å². The Bertz CT molecular complexity index is 954.